The van der Waals surface area contributed by atoms with E-state index in [1.54, 1.807) is 12.1 Å². The standard InChI is InChI=1S/C21H21N5O3/c1-11-6-7-12-4-3-5-14(17(12)19(11)27)23-15-10-16(24-20(28)13-8-9-13)25-26-18(15)21(29)22-2/h3-7,10-11,13H,8-9H2,1-2H3,(H,22,29)(H2,23,24,25,28)/t11-/m0/s1. The van der Waals surface area contributed by atoms with Gasteiger partial charge in [-0.1, -0.05) is 31.2 Å². The van der Waals surface area contributed by atoms with Gasteiger partial charge in [-0.05, 0) is 24.5 Å². The zero-order chi connectivity index (χ0) is 20.5. The summed E-state index contributed by atoms with van der Waals surface area (Å²) in [6, 6.07) is 7.04. The van der Waals surface area contributed by atoms with Crippen molar-refractivity contribution in [1.29, 1.82) is 0 Å². The van der Waals surface area contributed by atoms with Crippen LogP contribution in [0.1, 0.15) is 46.2 Å². The van der Waals surface area contributed by atoms with Crippen LogP contribution in [0.15, 0.2) is 30.3 Å². The van der Waals surface area contributed by atoms with Crippen LogP contribution < -0.4 is 16.0 Å². The number of Topliss-reactive ketones (excluding diaryl/α,β-unsaturated/α-hetero) is 1. The van der Waals surface area contributed by atoms with Crippen molar-refractivity contribution < 1.29 is 14.4 Å². The highest BCUT2D eigenvalue weighted by Gasteiger charge is 2.30. The van der Waals surface area contributed by atoms with Crippen molar-refractivity contribution in [3.63, 3.8) is 0 Å². The lowest BCUT2D eigenvalue weighted by atomic mass is 9.88. The summed E-state index contributed by atoms with van der Waals surface area (Å²) in [7, 11) is 1.50. The van der Waals surface area contributed by atoms with Crippen LogP contribution in [0.5, 0.6) is 0 Å². The smallest absolute Gasteiger partial charge is 0.273 e. The van der Waals surface area contributed by atoms with Gasteiger partial charge in [0, 0.05) is 30.5 Å². The molecule has 0 spiro atoms. The van der Waals surface area contributed by atoms with Crippen molar-refractivity contribution in [2.45, 2.75) is 19.8 Å². The molecule has 1 aromatic carbocycles. The normalized spacial score (nSPS) is 17.4. The fourth-order valence-corrected chi connectivity index (χ4v) is 3.20. The van der Waals surface area contributed by atoms with Crippen molar-refractivity contribution in [3.8, 4) is 0 Å². The van der Waals surface area contributed by atoms with Crippen LogP contribution in [0.3, 0.4) is 0 Å². The first-order chi connectivity index (χ1) is 14.0. The zero-order valence-electron chi connectivity index (χ0n) is 16.2. The lowest BCUT2D eigenvalue weighted by Gasteiger charge is -2.20. The molecule has 0 bridgehead atoms. The van der Waals surface area contributed by atoms with E-state index >= 15 is 0 Å². The minimum Gasteiger partial charge on any atom is -0.354 e. The minimum atomic E-state index is -0.426. The Morgan fingerprint density at radius 3 is 2.66 bits per heavy atom. The maximum atomic E-state index is 12.7. The Bertz CT molecular complexity index is 1040. The summed E-state index contributed by atoms with van der Waals surface area (Å²) in [5.74, 6) is -0.502. The van der Waals surface area contributed by atoms with E-state index in [2.05, 4.69) is 26.1 Å². The second-order valence-electron chi connectivity index (χ2n) is 7.24. The maximum Gasteiger partial charge on any atom is 0.273 e. The summed E-state index contributed by atoms with van der Waals surface area (Å²) in [5.41, 5.74) is 2.37. The summed E-state index contributed by atoms with van der Waals surface area (Å²) in [6.45, 7) is 1.84. The third-order valence-corrected chi connectivity index (χ3v) is 5.03. The number of nitrogens with zero attached hydrogens (tertiary/aromatic N) is 2. The van der Waals surface area contributed by atoms with Crippen LogP contribution in [0.25, 0.3) is 6.08 Å². The van der Waals surface area contributed by atoms with Crippen molar-refractivity contribution in [2.24, 2.45) is 11.8 Å². The van der Waals surface area contributed by atoms with Gasteiger partial charge in [0.05, 0.1) is 11.4 Å². The van der Waals surface area contributed by atoms with Crippen LogP contribution in [0, 0.1) is 11.8 Å². The molecular weight excluding hydrogens is 370 g/mol. The highest BCUT2D eigenvalue weighted by molar-refractivity contribution is 6.09. The lowest BCUT2D eigenvalue weighted by Crippen LogP contribution is -2.23. The van der Waals surface area contributed by atoms with E-state index in [9.17, 15) is 14.4 Å². The highest BCUT2D eigenvalue weighted by atomic mass is 16.2. The van der Waals surface area contributed by atoms with Gasteiger partial charge in [0.1, 0.15) is 0 Å². The number of aromatic nitrogens is 2. The quantitative estimate of drug-likeness (QED) is 0.722. The second-order valence-corrected chi connectivity index (χ2v) is 7.24. The Morgan fingerprint density at radius 1 is 1.14 bits per heavy atom. The number of benzene rings is 1. The largest absolute Gasteiger partial charge is 0.354 e. The maximum absolute atomic E-state index is 12.7. The molecule has 1 heterocycles. The molecule has 8 heteroatoms. The zero-order valence-corrected chi connectivity index (χ0v) is 16.2. The van der Waals surface area contributed by atoms with Gasteiger partial charge < -0.3 is 16.0 Å². The third-order valence-electron chi connectivity index (χ3n) is 5.03. The average Bonchev–Trinajstić information content (AvgIpc) is 3.56. The van der Waals surface area contributed by atoms with Crippen molar-refractivity contribution >= 4 is 40.9 Å². The number of rotatable bonds is 5. The first-order valence-electron chi connectivity index (χ1n) is 9.51. The molecule has 1 aromatic heterocycles. The number of hydrogen-bond donors (Lipinski definition) is 3. The number of carbonyl (C=O) groups is 3. The SMILES string of the molecule is CNC(=O)c1nnc(NC(=O)C2CC2)cc1Nc1cccc2c1C(=O)[C@@H](C)C=C2. The molecule has 8 nitrogen and oxygen atoms in total. The van der Waals surface area contributed by atoms with E-state index < -0.39 is 5.91 Å². The van der Waals surface area contributed by atoms with E-state index in [-0.39, 0.29) is 35.0 Å². The Morgan fingerprint density at radius 2 is 1.93 bits per heavy atom. The van der Waals surface area contributed by atoms with Gasteiger partial charge in [-0.15, -0.1) is 10.2 Å². The molecular formula is C21H21N5O3. The van der Waals surface area contributed by atoms with Gasteiger partial charge in [0.2, 0.25) is 5.91 Å². The van der Waals surface area contributed by atoms with Crippen LogP contribution in [0.4, 0.5) is 17.2 Å². The number of nitrogens with one attached hydrogen (secondary N) is 3. The summed E-state index contributed by atoms with van der Waals surface area (Å²) >= 11 is 0. The molecule has 0 saturated heterocycles. The fourth-order valence-electron chi connectivity index (χ4n) is 3.20. The predicted octanol–water partition coefficient (Wildman–Crippen LogP) is 2.77. The monoisotopic (exact) mass is 391 g/mol. The van der Waals surface area contributed by atoms with E-state index in [1.165, 1.54) is 7.05 Å². The van der Waals surface area contributed by atoms with Crippen molar-refractivity contribution in [2.75, 3.05) is 17.7 Å². The molecule has 1 atom stereocenters. The fraction of sp³-hybridized carbons (Fsp3) is 0.286. The average molecular weight is 391 g/mol. The Labute approximate surface area is 167 Å². The van der Waals surface area contributed by atoms with Gasteiger partial charge in [-0.2, -0.15) is 0 Å². The van der Waals surface area contributed by atoms with Crippen LogP contribution in [0.2, 0.25) is 0 Å². The number of ketones is 1. The van der Waals surface area contributed by atoms with Gasteiger partial charge in [0.25, 0.3) is 5.91 Å². The number of amides is 2. The predicted molar refractivity (Wildman–Crippen MR) is 109 cm³/mol. The van der Waals surface area contributed by atoms with Gasteiger partial charge in [-0.3, -0.25) is 14.4 Å². The number of fused-ring (bicyclic) bond motifs is 1. The highest BCUT2D eigenvalue weighted by Crippen LogP contribution is 2.33. The molecule has 3 N–H and O–H groups in total. The molecule has 2 aromatic rings. The first kappa shape index (κ1) is 18.8. The van der Waals surface area contributed by atoms with E-state index in [0.29, 0.717) is 16.9 Å². The summed E-state index contributed by atoms with van der Waals surface area (Å²) in [4.78, 5) is 37.1. The third kappa shape index (κ3) is 3.73. The molecule has 0 unspecified atom stereocenters. The molecule has 2 aliphatic carbocycles. The molecule has 148 valence electrons. The van der Waals surface area contributed by atoms with Gasteiger partial charge in [-0.25, -0.2) is 0 Å². The molecule has 0 aliphatic heterocycles. The minimum absolute atomic E-state index is 0.00336. The summed E-state index contributed by atoms with van der Waals surface area (Å²) in [6.07, 6.45) is 5.51. The Hall–Kier alpha value is -3.55. The Kier molecular flexibility index (Phi) is 4.84. The van der Waals surface area contributed by atoms with E-state index in [4.69, 9.17) is 0 Å². The summed E-state index contributed by atoms with van der Waals surface area (Å²) in [5, 5.41) is 16.4. The van der Waals surface area contributed by atoms with Crippen molar-refractivity contribution in [1.82, 2.24) is 15.5 Å². The Balaban J connectivity index is 1.72. The molecule has 1 fully saturated rings. The molecule has 4 rings (SSSR count). The number of hydrogen-bond acceptors (Lipinski definition) is 6. The van der Waals surface area contributed by atoms with Crippen LogP contribution in [-0.4, -0.2) is 34.8 Å². The molecule has 2 amide bonds. The molecule has 2 aliphatic rings. The van der Waals surface area contributed by atoms with Crippen LogP contribution in [-0.2, 0) is 4.79 Å². The molecule has 29 heavy (non-hydrogen) atoms. The first-order valence-corrected chi connectivity index (χ1v) is 9.51. The van der Waals surface area contributed by atoms with Gasteiger partial charge >= 0.3 is 0 Å². The molecule has 1 saturated carbocycles. The number of allylic oxidation sites excluding steroid dienone is 1. The lowest BCUT2D eigenvalue weighted by molar-refractivity contribution is -0.117. The van der Waals surface area contributed by atoms with Gasteiger partial charge in [0.15, 0.2) is 17.3 Å². The number of anilines is 3. The summed E-state index contributed by atoms with van der Waals surface area (Å²) < 4.78 is 0. The van der Waals surface area contributed by atoms with Crippen molar-refractivity contribution in [3.05, 3.63) is 47.2 Å². The second kappa shape index (κ2) is 7.46. The van der Waals surface area contributed by atoms with Crippen LogP contribution >= 0.6 is 0 Å². The molecule has 0 radical (unpaired) electrons. The number of carbonyl (C=O) groups excluding carboxylic acids is 3. The topological polar surface area (TPSA) is 113 Å². The van der Waals surface area contributed by atoms with E-state index in [0.717, 1.165) is 18.4 Å². The van der Waals surface area contributed by atoms with E-state index in [1.807, 2.05) is 31.2 Å².